The van der Waals surface area contributed by atoms with Crippen LogP contribution in [0.2, 0.25) is 0 Å². The average Bonchev–Trinajstić information content (AvgIpc) is 3.43. The first-order valence-electron chi connectivity index (χ1n) is 11.8. The summed E-state index contributed by atoms with van der Waals surface area (Å²) in [5.74, 6) is -0.568. The molecule has 2 aromatic rings. The van der Waals surface area contributed by atoms with Gasteiger partial charge in [0.25, 0.3) is 0 Å². The molecule has 0 radical (unpaired) electrons. The van der Waals surface area contributed by atoms with Gasteiger partial charge in [0, 0.05) is 23.6 Å². The highest BCUT2D eigenvalue weighted by Crippen LogP contribution is 2.33. The minimum absolute atomic E-state index is 0.0525. The first-order valence-corrected chi connectivity index (χ1v) is 12.7. The number of nitrogens with zero attached hydrogens (tertiary/aromatic N) is 3. The van der Waals surface area contributed by atoms with E-state index in [9.17, 15) is 9.90 Å². The summed E-state index contributed by atoms with van der Waals surface area (Å²) in [5.41, 5.74) is 1.26. The van der Waals surface area contributed by atoms with Gasteiger partial charge < -0.3 is 10.2 Å². The van der Waals surface area contributed by atoms with Crippen LogP contribution in [-0.4, -0.2) is 42.9 Å². The second-order valence-corrected chi connectivity index (χ2v) is 9.33. The van der Waals surface area contributed by atoms with Crippen molar-refractivity contribution in [3.8, 4) is 0 Å². The van der Waals surface area contributed by atoms with Crippen LogP contribution in [-0.2, 0) is 17.6 Å². The number of nitrogens with one attached hydrogen (secondary N) is 1. The molecule has 2 aromatic heterocycles. The standard InChI is InChI=1S/C23H38N4O3S/c1-2-3-4-5-6-7-8-9-10-11-12-18-15-16-31-23(18)19(17-21-24-26-27-25-21)20(28)13-14-22(29)30/h15-16,19-20,28H,2-14,17H2,1H3,(H,29,30)(H,24,25,26,27). The molecular weight excluding hydrogens is 412 g/mol. The molecule has 31 heavy (non-hydrogen) atoms. The quantitative estimate of drug-likeness (QED) is 0.267. The zero-order valence-electron chi connectivity index (χ0n) is 18.8. The Kier molecular flexibility index (Phi) is 12.4. The van der Waals surface area contributed by atoms with Gasteiger partial charge in [0.1, 0.15) is 0 Å². The van der Waals surface area contributed by atoms with E-state index in [0.717, 1.165) is 17.7 Å². The van der Waals surface area contributed by atoms with Crippen molar-refractivity contribution in [1.82, 2.24) is 20.6 Å². The maximum absolute atomic E-state index is 11.0. The number of thiophene rings is 1. The van der Waals surface area contributed by atoms with Crippen LogP contribution in [0.5, 0.6) is 0 Å². The van der Waals surface area contributed by atoms with Crippen LogP contribution < -0.4 is 0 Å². The lowest BCUT2D eigenvalue weighted by Gasteiger charge is -2.22. The Bertz CT molecular complexity index is 720. The smallest absolute Gasteiger partial charge is 0.303 e. The van der Waals surface area contributed by atoms with Gasteiger partial charge in [0.2, 0.25) is 0 Å². The summed E-state index contributed by atoms with van der Waals surface area (Å²) in [4.78, 5) is 12.1. The van der Waals surface area contributed by atoms with Crippen molar-refractivity contribution in [1.29, 1.82) is 0 Å². The molecule has 0 aliphatic rings. The maximum atomic E-state index is 11.0. The van der Waals surface area contributed by atoms with Crippen LogP contribution in [0.1, 0.15) is 106 Å². The maximum Gasteiger partial charge on any atom is 0.303 e. The van der Waals surface area contributed by atoms with Gasteiger partial charge in [-0.2, -0.15) is 5.21 Å². The van der Waals surface area contributed by atoms with Gasteiger partial charge in [-0.05, 0) is 36.3 Å². The normalized spacial score (nSPS) is 13.4. The highest BCUT2D eigenvalue weighted by Gasteiger charge is 2.27. The van der Waals surface area contributed by atoms with Gasteiger partial charge >= 0.3 is 5.97 Å². The number of carbonyl (C=O) groups is 1. The van der Waals surface area contributed by atoms with Gasteiger partial charge in [-0.15, -0.1) is 21.5 Å². The number of aryl methyl sites for hydroxylation is 1. The number of H-pyrrole nitrogens is 1. The number of aliphatic carboxylic acids is 1. The molecule has 0 aliphatic heterocycles. The second-order valence-electron chi connectivity index (χ2n) is 8.38. The molecule has 0 saturated carbocycles. The number of carboxylic acid groups (broad SMARTS) is 1. The summed E-state index contributed by atoms with van der Waals surface area (Å²) in [6.45, 7) is 2.25. The number of rotatable bonds is 18. The van der Waals surface area contributed by atoms with Crippen molar-refractivity contribution in [2.24, 2.45) is 0 Å². The van der Waals surface area contributed by atoms with Crippen molar-refractivity contribution in [3.63, 3.8) is 0 Å². The SMILES string of the molecule is CCCCCCCCCCCCc1ccsc1C(Cc1nn[nH]n1)C(O)CCC(=O)O. The van der Waals surface area contributed by atoms with Crippen LogP contribution in [0.4, 0.5) is 0 Å². The minimum Gasteiger partial charge on any atom is -0.481 e. The number of hydrogen-bond donors (Lipinski definition) is 3. The molecule has 174 valence electrons. The van der Waals surface area contributed by atoms with E-state index in [0.29, 0.717) is 12.2 Å². The van der Waals surface area contributed by atoms with Gasteiger partial charge in [-0.1, -0.05) is 69.9 Å². The molecule has 2 unspecified atom stereocenters. The third-order valence-corrected chi connectivity index (χ3v) is 6.92. The van der Waals surface area contributed by atoms with E-state index in [1.807, 2.05) is 0 Å². The summed E-state index contributed by atoms with van der Waals surface area (Å²) >= 11 is 1.63. The molecule has 0 amide bonds. The van der Waals surface area contributed by atoms with Crippen LogP contribution in [0.15, 0.2) is 11.4 Å². The number of hydrogen-bond acceptors (Lipinski definition) is 6. The highest BCUT2D eigenvalue weighted by atomic mass is 32.1. The number of aromatic amines is 1. The molecule has 0 spiro atoms. The average molecular weight is 451 g/mol. The number of unbranched alkanes of at least 4 members (excludes halogenated alkanes) is 9. The Morgan fingerprint density at radius 1 is 1.10 bits per heavy atom. The Labute approximate surface area is 189 Å². The molecule has 8 heteroatoms. The lowest BCUT2D eigenvalue weighted by atomic mass is 9.90. The lowest BCUT2D eigenvalue weighted by molar-refractivity contribution is -0.137. The van der Waals surface area contributed by atoms with Gasteiger partial charge in [-0.3, -0.25) is 4.79 Å². The number of aliphatic hydroxyl groups excluding tert-OH is 1. The molecule has 3 N–H and O–H groups in total. The topological polar surface area (TPSA) is 112 Å². The van der Waals surface area contributed by atoms with Crippen molar-refractivity contribution in [2.45, 2.75) is 109 Å². The number of carboxylic acids is 1. The molecular formula is C23H38N4O3S. The van der Waals surface area contributed by atoms with E-state index >= 15 is 0 Å². The number of aromatic nitrogens is 4. The summed E-state index contributed by atoms with van der Waals surface area (Å²) in [6.07, 6.45) is 13.9. The highest BCUT2D eigenvalue weighted by molar-refractivity contribution is 7.10. The summed E-state index contributed by atoms with van der Waals surface area (Å²) in [6, 6.07) is 2.14. The fourth-order valence-electron chi connectivity index (χ4n) is 4.02. The fraction of sp³-hybridized carbons (Fsp3) is 0.739. The molecule has 2 heterocycles. The molecule has 0 aliphatic carbocycles. The Morgan fingerprint density at radius 3 is 2.39 bits per heavy atom. The predicted molar refractivity (Wildman–Crippen MR) is 123 cm³/mol. The van der Waals surface area contributed by atoms with Crippen LogP contribution >= 0.6 is 11.3 Å². The first kappa shape index (κ1) is 25.5. The zero-order chi connectivity index (χ0) is 22.3. The van der Waals surface area contributed by atoms with E-state index in [-0.39, 0.29) is 18.8 Å². The van der Waals surface area contributed by atoms with Crippen LogP contribution in [0.3, 0.4) is 0 Å². The monoisotopic (exact) mass is 450 g/mol. The second kappa shape index (κ2) is 15.1. The van der Waals surface area contributed by atoms with Gasteiger partial charge in [-0.25, -0.2) is 0 Å². The molecule has 0 bridgehead atoms. The zero-order valence-corrected chi connectivity index (χ0v) is 19.6. The third-order valence-electron chi connectivity index (χ3n) is 5.83. The molecule has 7 nitrogen and oxygen atoms in total. The summed E-state index contributed by atoms with van der Waals surface area (Å²) in [7, 11) is 0. The van der Waals surface area contributed by atoms with Crippen molar-refractivity contribution >= 4 is 17.3 Å². The first-order chi connectivity index (χ1) is 15.1. The molecule has 0 aromatic carbocycles. The minimum atomic E-state index is -0.894. The molecule has 0 saturated heterocycles. The van der Waals surface area contributed by atoms with Crippen molar-refractivity contribution in [2.75, 3.05) is 0 Å². The summed E-state index contributed by atoms with van der Waals surface area (Å²) in [5, 5.41) is 35.9. The van der Waals surface area contributed by atoms with E-state index in [2.05, 4.69) is 39.0 Å². The summed E-state index contributed by atoms with van der Waals surface area (Å²) < 4.78 is 0. The van der Waals surface area contributed by atoms with E-state index in [1.54, 1.807) is 11.3 Å². The largest absolute Gasteiger partial charge is 0.481 e. The number of aliphatic hydroxyl groups is 1. The van der Waals surface area contributed by atoms with Crippen molar-refractivity contribution in [3.05, 3.63) is 27.7 Å². The van der Waals surface area contributed by atoms with E-state index < -0.39 is 12.1 Å². The Balaban J connectivity index is 1.82. The van der Waals surface area contributed by atoms with Gasteiger partial charge in [0.15, 0.2) is 5.82 Å². The predicted octanol–water partition coefficient (Wildman–Crippen LogP) is 5.28. The Morgan fingerprint density at radius 2 is 1.77 bits per heavy atom. The fourth-order valence-corrected chi connectivity index (χ4v) is 5.14. The third kappa shape index (κ3) is 9.91. The van der Waals surface area contributed by atoms with E-state index in [4.69, 9.17) is 5.11 Å². The van der Waals surface area contributed by atoms with E-state index in [1.165, 1.54) is 63.4 Å². The van der Waals surface area contributed by atoms with Crippen LogP contribution in [0.25, 0.3) is 0 Å². The lowest BCUT2D eigenvalue weighted by Crippen LogP contribution is -2.22. The van der Waals surface area contributed by atoms with Crippen molar-refractivity contribution < 1.29 is 15.0 Å². The number of tetrazole rings is 1. The molecule has 0 fully saturated rings. The van der Waals surface area contributed by atoms with Gasteiger partial charge in [0.05, 0.1) is 6.10 Å². The Hall–Kier alpha value is -1.80. The van der Waals surface area contributed by atoms with Crippen LogP contribution in [0, 0.1) is 0 Å². The molecule has 2 atom stereocenters. The molecule has 2 rings (SSSR count).